The maximum Gasteiger partial charge on any atom is 0.254 e. The number of imidazole rings is 1. The lowest BCUT2D eigenvalue weighted by molar-refractivity contribution is -0.155. The van der Waals surface area contributed by atoms with E-state index in [0.717, 1.165) is 29.4 Å². The number of benzene rings is 2. The predicted molar refractivity (Wildman–Crippen MR) is 97.1 cm³/mol. The first-order valence-electron chi connectivity index (χ1n) is 9.14. The second kappa shape index (κ2) is 4.47. The smallest absolute Gasteiger partial charge is 0.254 e. The molecule has 0 radical (unpaired) electrons. The molecule has 130 valence electrons. The zero-order valence-electron chi connectivity index (χ0n) is 14.4. The van der Waals surface area contributed by atoms with Gasteiger partial charge in [0.2, 0.25) is 0 Å². The Kier molecular flexibility index (Phi) is 2.47. The highest BCUT2D eigenvalue weighted by Crippen LogP contribution is 2.64. The van der Waals surface area contributed by atoms with Crippen molar-refractivity contribution in [2.75, 3.05) is 0 Å². The van der Waals surface area contributed by atoms with Crippen molar-refractivity contribution in [2.45, 2.75) is 37.3 Å². The first-order chi connectivity index (χ1) is 12.6. The minimum atomic E-state index is 0.0891. The predicted octanol–water partition coefficient (Wildman–Crippen LogP) is 3.00. The van der Waals surface area contributed by atoms with Crippen molar-refractivity contribution in [3.05, 3.63) is 59.4 Å². The molecular weight excluding hydrogens is 326 g/mol. The van der Waals surface area contributed by atoms with E-state index in [4.69, 9.17) is 0 Å². The Morgan fingerprint density at radius 3 is 3.04 bits per heavy atom. The third kappa shape index (κ3) is 1.57. The van der Waals surface area contributed by atoms with E-state index in [1.165, 1.54) is 11.1 Å². The van der Waals surface area contributed by atoms with Gasteiger partial charge in [-0.2, -0.15) is 0 Å². The van der Waals surface area contributed by atoms with Crippen LogP contribution in [0.2, 0.25) is 0 Å². The summed E-state index contributed by atoms with van der Waals surface area (Å²) < 4.78 is 0. The summed E-state index contributed by atoms with van der Waals surface area (Å²) in [5.41, 5.74) is 5.14. The second-order valence-corrected chi connectivity index (χ2v) is 8.17. The summed E-state index contributed by atoms with van der Waals surface area (Å²) in [6, 6.07) is 12.0. The van der Waals surface area contributed by atoms with Crippen LogP contribution in [-0.2, 0) is 11.8 Å². The van der Waals surface area contributed by atoms with Gasteiger partial charge in [0, 0.05) is 29.0 Å². The fraction of sp³-hybridized carbons (Fsp3) is 0.333. The normalized spacial score (nSPS) is 31.0. The van der Waals surface area contributed by atoms with Crippen LogP contribution in [0.1, 0.15) is 34.8 Å². The number of H-pyrrole nitrogens is 1. The summed E-state index contributed by atoms with van der Waals surface area (Å²) >= 11 is 0. The van der Waals surface area contributed by atoms with Crippen LogP contribution in [0.3, 0.4) is 0 Å². The largest absolute Gasteiger partial charge is 0.508 e. The van der Waals surface area contributed by atoms with Gasteiger partial charge in [0.1, 0.15) is 5.75 Å². The minimum absolute atomic E-state index is 0.0891. The van der Waals surface area contributed by atoms with E-state index in [1.807, 2.05) is 30.3 Å². The number of carbonyl (C=O) groups excluding carboxylic acids is 1. The lowest BCUT2D eigenvalue weighted by Gasteiger charge is -2.72. The second-order valence-electron chi connectivity index (χ2n) is 8.17. The number of hydrogen-bond donors (Lipinski definition) is 2. The first kappa shape index (κ1) is 14.4. The molecule has 5 heteroatoms. The molecule has 2 aliphatic carbocycles. The number of rotatable bonds is 1. The molecule has 26 heavy (non-hydrogen) atoms. The molecule has 1 amide bonds. The fourth-order valence-corrected chi connectivity index (χ4v) is 5.76. The highest BCUT2D eigenvalue weighted by atomic mass is 16.3. The lowest BCUT2D eigenvalue weighted by Crippen LogP contribution is -2.80. The standard InChI is InChI=1S/C21H19N3O2/c1-21-9-18-19(21)17(7-11-2-4-13(25)8-14(11)21)24(18)20(26)12-3-5-15-16(6-12)23-10-22-15/h2-6,8,10,17-19,25H,7,9H2,1H3,(H,22,23)/t17-,18?,19-,21+/m1/s1. The van der Waals surface area contributed by atoms with E-state index in [0.29, 0.717) is 17.7 Å². The van der Waals surface area contributed by atoms with Crippen molar-refractivity contribution < 1.29 is 9.90 Å². The molecule has 1 saturated heterocycles. The number of aromatic nitrogens is 2. The summed E-state index contributed by atoms with van der Waals surface area (Å²) in [5.74, 6) is 0.973. The average molecular weight is 345 g/mol. The average Bonchev–Trinajstić information content (AvgIpc) is 3.07. The van der Waals surface area contributed by atoms with Gasteiger partial charge >= 0.3 is 0 Å². The molecule has 2 heterocycles. The summed E-state index contributed by atoms with van der Waals surface area (Å²) in [5, 5.41) is 9.89. The third-order valence-corrected chi connectivity index (χ3v) is 6.95. The Bertz CT molecular complexity index is 1090. The molecule has 3 aliphatic rings. The highest BCUT2D eigenvalue weighted by molar-refractivity contribution is 5.98. The van der Waals surface area contributed by atoms with Crippen LogP contribution >= 0.6 is 0 Å². The van der Waals surface area contributed by atoms with Gasteiger partial charge in [0.15, 0.2) is 0 Å². The number of nitrogens with one attached hydrogen (secondary N) is 1. The van der Waals surface area contributed by atoms with Crippen molar-refractivity contribution in [3.8, 4) is 5.75 Å². The van der Waals surface area contributed by atoms with Gasteiger partial charge in [0.05, 0.1) is 17.4 Å². The summed E-state index contributed by atoms with van der Waals surface area (Å²) in [6.07, 6.45) is 3.51. The quantitative estimate of drug-likeness (QED) is 0.712. The number of nitrogens with zero attached hydrogens (tertiary/aromatic N) is 2. The number of fused-ring (bicyclic) bond motifs is 3. The van der Waals surface area contributed by atoms with E-state index in [-0.39, 0.29) is 17.4 Å². The molecule has 5 nitrogen and oxygen atoms in total. The fourth-order valence-electron chi connectivity index (χ4n) is 5.76. The van der Waals surface area contributed by atoms with Crippen LogP contribution in [0.5, 0.6) is 5.75 Å². The summed E-state index contributed by atoms with van der Waals surface area (Å²) in [7, 11) is 0. The van der Waals surface area contributed by atoms with Gasteiger partial charge in [0.25, 0.3) is 5.91 Å². The number of aromatic hydroxyl groups is 1. The molecule has 1 unspecified atom stereocenters. The molecule has 1 aliphatic heterocycles. The molecule has 2 aromatic carbocycles. The molecule has 0 bridgehead atoms. The number of amides is 1. The van der Waals surface area contributed by atoms with Crippen molar-refractivity contribution >= 4 is 16.9 Å². The van der Waals surface area contributed by atoms with Gasteiger partial charge in [-0.25, -0.2) is 4.98 Å². The number of hydrogen-bond acceptors (Lipinski definition) is 3. The zero-order chi connectivity index (χ0) is 17.6. The van der Waals surface area contributed by atoms with Crippen LogP contribution in [0, 0.1) is 5.92 Å². The van der Waals surface area contributed by atoms with Crippen molar-refractivity contribution in [1.29, 1.82) is 0 Å². The maximum atomic E-state index is 13.2. The molecule has 6 rings (SSSR count). The van der Waals surface area contributed by atoms with Gasteiger partial charge in [-0.3, -0.25) is 4.79 Å². The van der Waals surface area contributed by atoms with Crippen LogP contribution in [0.15, 0.2) is 42.7 Å². The van der Waals surface area contributed by atoms with Crippen LogP contribution in [-0.4, -0.2) is 38.0 Å². The van der Waals surface area contributed by atoms with Crippen LogP contribution in [0.25, 0.3) is 11.0 Å². The van der Waals surface area contributed by atoms with E-state index in [2.05, 4.69) is 21.8 Å². The Morgan fingerprint density at radius 2 is 2.15 bits per heavy atom. The summed E-state index contributed by atoms with van der Waals surface area (Å²) in [4.78, 5) is 22.6. The Hall–Kier alpha value is -2.82. The molecule has 4 atom stereocenters. The van der Waals surface area contributed by atoms with Crippen molar-refractivity contribution in [2.24, 2.45) is 5.92 Å². The van der Waals surface area contributed by atoms with E-state index < -0.39 is 0 Å². The first-order valence-corrected chi connectivity index (χ1v) is 9.14. The SMILES string of the molecule is C[C@@]12CC3[C@H]1[C@@H](Cc1ccc(O)cc12)N3C(=O)c1ccc2nc[nH]c2c1. The van der Waals surface area contributed by atoms with Crippen molar-refractivity contribution in [1.82, 2.24) is 14.9 Å². The molecule has 2 fully saturated rings. The number of phenols is 1. The molecular formula is C21H19N3O2. The van der Waals surface area contributed by atoms with Gasteiger partial charge in [-0.05, 0) is 54.3 Å². The Balaban J connectivity index is 1.37. The highest BCUT2D eigenvalue weighted by Gasteiger charge is 2.69. The zero-order valence-corrected chi connectivity index (χ0v) is 14.4. The van der Waals surface area contributed by atoms with Gasteiger partial charge in [-0.1, -0.05) is 13.0 Å². The number of carbonyl (C=O) groups is 1. The number of likely N-dealkylation sites (tertiary alicyclic amines) is 1. The van der Waals surface area contributed by atoms with Crippen LogP contribution in [0.4, 0.5) is 0 Å². The lowest BCUT2D eigenvalue weighted by atomic mass is 9.43. The monoisotopic (exact) mass is 345 g/mol. The number of aromatic amines is 1. The van der Waals surface area contributed by atoms with Crippen molar-refractivity contribution in [3.63, 3.8) is 0 Å². The number of piperidine rings is 1. The Morgan fingerprint density at radius 1 is 1.27 bits per heavy atom. The molecule has 1 saturated carbocycles. The number of phenolic OH excluding ortho intramolecular Hbond substituents is 1. The molecule has 2 N–H and O–H groups in total. The topological polar surface area (TPSA) is 69.2 Å². The molecule has 1 aromatic heterocycles. The third-order valence-electron chi connectivity index (χ3n) is 6.95. The van der Waals surface area contributed by atoms with Gasteiger partial charge in [-0.15, -0.1) is 0 Å². The van der Waals surface area contributed by atoms with E-state index >= 15 is 0 Å². The van der Waals surface area contributed by atoms with E-state index in [9.17, 15) is 9.90 Å². The summed E-state index contributed by atoms with van der Waals surface area (Å²) in [6.45, 7) is 2.29. The molecule has 0 spiro atoms. The maximum absolute atomic E-state index is 13.2. The van der Waals surface area contributed by atoms with E-state index in [1.54, 1.807) is 12.4 Å². The van der Waals surface area contributed by atoms with Gasteiger partial charge < -0.3 is 15.0 Å². The van der Waals surface area contributed by atoms with Crippen LogP contribution < -0.4 is 0 Å². The molecule has 3 aromatic rings. The Labute approximate surface area is 150 Å². The minimum Gasteiger partial charge on any atom is -0.508 e.